The van der Waals surface area contributed by atoms with Crippen LogP contribution in [0.5, 0.6) is 0 Å². The maximum Gasteiger partial charge on any atom is 0.528 e. The van der Waals surface area contributed by atoms with E-state index in [1.54, 1.807) is 0 Å². The molecule has 0 atom stereocenters. The van der Waals surface area contributed by atoms with Crippen molar-refractivity contribution in [1.29, 1.82) is 0 Å². The second-order valence-corrected chi connectivity index (χ2v) is 2.91. The molecule has 2 rings (SSSR count). The summed E-state index contributed by atoms with van der Waals surface area (Å²) in [4.78, 5) is 11.5. The molecule has 5 nitrogen and oxygen atoms in total. The lowest BCUT2D eigenvalue weighted by atomic mass is 9.91. The predicted octanol–water partition coefficient (Wildman–Crippen LogP) is -0.782. The number of rotatable bonds is 2. The molecule has 2 N–H and O–H groups in total. The van der Waals surface area contributed by atoms with E-state index in [9.17, 15) is 0 Å². The minimum atomic E-state index is -1.67. The van der Waals surface area contributed by atoms with Crippen molar-refractivity contribution in [2.24, 2.45) is 0 Å². The molecule has 2 aromatic rings. The zero-order chi connectivity index (χ0) is 10.7. The van der Waals surface area contributed by atoms with Crippen molar-refractivity contribution >= 4 is 12.8 Å². The molecule has 74 valence electrons. The van der Waals surface area contributed by atoms with E-state index in [0.717, 1.165) is 5.56 Å². The Hall–Kier alpha value is -1.79. The van der Waals surface area contributed by atoms with Crippen LogP contribution >= 0.6 is 0 Å². The zero-order valence-electron chi connectivity index (χ0n) is 7.78. The summed E-state index contributed by atoms with van der Waals surface area (Å²) in [6, 6.07) is 9.26. The number of hydrogen-bond acceptors (Lipinski definition) is 5. The standard InChI is InChI=1S/C9H8BN3O2/c14-10(15)9-12-6-11-8(13-9)7-4-2-1-3-5-7/h1-6,14-15H. The van der Waals surface area contributed by atoms with E-state index in [2.05, 4.69) is 15.0 Å². The van der Waals surface area contributed by atoms with Crippen molar-refractivity contribution in [3.8, 4) is 11.4 Å². The molecular weight excluding hydrogens is 193 g/mol. The van der Waals surface area contributed by atoms with Crippen LogP contribution < -0.4 is 5.72 Å². The fraction of sp³-hybridized carbons (Fsp3) is 0. The first-order valence-corrected chi connectivity index (χ1v) is 4.38. The van der Waals surface area contributed by atoms with Gasteiger partial charge in [0.1, 0.15) is 6.33 Å². The normalized spacial score (nSPS) is 10.0. The highest BCUT2D eigenvalue weighted by Crippen LogP contribution is 2.10. The molecule has 0 aliphatic carbocycles. The lowest BCUT2D eigenvalue weighted by Gasteiger charge is -2.01. The molecule has 0 saturated carbocycles. The molecule has 0 amide bonds. The summed E-state index contributed by atoms with van der Waals surface area (Å²) >= 11 is 0. The van der Waals surface area contributed by atoms with Crippen LogP contribution in [0.4, 0.5) is 0 Å². The van der Waals surface area contributed by atoms with Gasteiger partial charge in [0.25, 0.3) is 0 Å². The molecular formula is C9H8BN3O2. The number of aromatic nitrogens is 3. The average molecular weight is 201 g/mol. The Labute approximate surface area is 86.6 Å². The minimum absolute atomic E-state index is 0.0520. The van der Waals surface area contributed by atoms with Gasteiger partial charge in [-0.15, -0.1) is 0 Å². The van der Waals surface area contributed by atoms with Crippen LogP contribution in [0.15, 0.2) is 36.7 Å². The highest BCUT2D eigenvalue weighted by atomic mass is 16.4. The van der Waals surface area contributed by atoms with Gasteiger partial charge in [-0.3, -0.25) is 0 Å². The molecule has 1 heterocycles. The molecule has 0 aliphatic heterocycles. The SMILES string of the molecule is OB(O)c1ncnc(-c2ccccc2)n1. The minimum Gasteiger partial charge on any atom is -0.421 e. The van der Waals surface area contributed by atoms with E-state index in [-0.39, 0.29) is 5.72 Å². The Bertz CT molecular complexity index is 450. The lowest BCUT2D eigenvalue weighted by molar-refractivity contribution is 0.422. The lowest BCUT2D eigenvalue weighted by Crippen LogP contribution is -2.35. The molecule has 0 aliphatic rings. The summed E-state index contributed by atoms with van der Waals surface area (Å²) in [7, 11) is -1.67. The molecule has 15 heavy (non-hydrogen) atoms. The zero-order valence-corrected chi connectivity index (χ0v) is 7.78. The molecule has 0 radical (unpaired) electrons. The van der Waals surface area contributed by atoms with Gasteiger partial charge in [0.2, 0.25) is 0 Å². The largest absolute Gasteiger partial charge is 0.528 e. The second-order valence-electron chi connectivity index (χ2n) is 2.91. The maximum atomic E-state index is 8.90. The highest BCUT2D eigenvalue weighted by Gasteiger charge is 2.15. The maximum absolute atomic E-state index is 8.90. The van der Waals surface area contributed by atoms with Crippen molar-refractivity contribution < 1.29 is 10.0 Å². The van der Waals surface area contributed by atoms with Crippen molar-refractivity contribution in [1.82, 2.24) is 15.0 Å². The van der Waals surface area contributed by atoms with Gasteiger partial charge in [0.05, 0.1) is 0 Å². The van der Waals surface area contributed by atoms with Crippen LogP contribution in [0.3, 0.4) is 0 Å². The Morgan fingerprint density at radius 3 is 2.40 bits per heavy atom. The highest BCUT2D eigenvalue weighted by molar-refractivity contribution is 6.56. The van der Waals surface area contributed by atoms with Gasteiger partial charge in [0.15, 0.2) is 11.5 Å². The van der Waals surface area contributed by atoms with Crippen LogP contribution in [0.2, 0.25) is 0 Å². The molecule has 0 spiro atoms. The van der Waals surface area contributed by atoms with Gasteiger partial charge < -0.3 is 10.0 Å². The van der Waals surface area contributed by atoms with E-state index in [0.29, 0.717) is 5.82 Å². The second kappa shape index (κ2) is 4.16. The van der Waals surface area contributed by atoms with Gasteiger partial charge in [-0.1, -0.05) is 30.3 Å². The quantitative estimate of drug-likeness (QED) is 0.623. The smallest absolute Gasteiger partial charge is 0.421 e. The Morgan fingerprint density at radius 2 is 1.73 bits per heavy atom. The molecule has 6 heteroatoms. The number of benzene rings is 1. The van der Waals surface area contributed by atoms with E-state index >= 15 is 0 Å². The monoisotopic (exact) mass is 201 g/mol. The van der Waals surface area contributed by atoms with Crippen LogP contribution in [0, 0.1) is 0 Å². The van der Waals surface area contributed by atoms with Crippen molar-refractivity contribution in [2.45, 2.75) is 0 Å². The fourth-order valence-electron chi connectivity index (χ4n) is 1.16. The topological polar surface area (TPSA) is 79.1 Å². The van der Waals surface area contributed by atoms with Crippen molar-refractivity contribution in [2.75, 3.05) is 0 Å². The van der Waals surface area contributed by atoms with Gasteiger partial charge in [-0.2, -0.15) is 0 Å². The number of hydrogen-bond donors (Lipinski definition) is 2. The van der Waals surface area contributed by atoms with Crippen molar-refractivity contribution in [3.63, 3.8) is 0 Å². The number of nitrogens with zero attached hydrogens (tertiary/aromatic N) is 3. The Kier molecular flexibility index (Phi) is 2.71. The first-order valence-electron chi connectivity index (χ1n) is 4.38. The third kappa shape index (κ3) is 2.17. The van der Waals surface area contributed by atoms with Crippen LogP contribution in [-0.2, 0) is 0 Å². The van der Waals surface area contributed by atoms with Crippen molar-refractivity contribution in [3.05, 3.63) is 36.7 Å². The third-order valence-electron chi connectivity index (χ3n) is 1.85. The van der Waals surface area contributed by atoms with E-state index in [4.69, 9.17) is 10.0 Å². The summed E-state index contributed by atoms with van der Waals surface area (Å²) in [5, 5.41) is 17.8. The molecule has 1 aromatic carbocycles. The summed E-state index contributed by atoms with van der Waals surface area (Å²) in [6.45, 7) is 0. The fourth-order valence-corrected chi connectivity index (χ4v) is 1.16. The summed E-state index contributed by atoms with van der Waals surface area (Å²) in [5.41, 5.74) is 0.755. The summed E-state index contributed by atoms with van der Waals surface area (Å²) < 4.78 is 0. The van der Waals surface area contributed by atoms with Gasteiger partial charge >= 0.3 is 7.12 Å². The van der Waals surface area contributed by atoms with Crippen LogP contribution in [-0.4, -0.2) is 32.1 Å². The van der Waals surface area contributed by atoms with E-state index < -0.39 is 7.12 Å². The average Bonchev–Trinajstić information content (AvgIpc) is 2.30. The summed E-state index contributed by atoms with van der Waals surface area (Å²) in [6.07, 6.45) is 1.25. The van der Waals surface area contributed by atoms with Crippen LogP contribution in [0.1, 0.15) is 0 Å². The summed E-state index contributed by atoms with van der Waals surface area (Å²) in [5.74, 6) is 0.425. The van der Waals surface area contributed by atoms with E-state index in [1.165, 1.54) is 6.33 Å². The molecule has 0 fully saturated rings. The Morgan fingerprint density at radius 1 is 1.00 bits per heavy atom. The molecule has 1 aromatic heterocycles. The Balaban J connectivity index is 2.42. The first kappa shape index (κ1) is 9.76. The molecule has 0 bridgehead atoms. The van der Waals surface area contributed by atoms with Crippen LogP contribution in [0.25, 0.3) is 11.4 Å². The molecule has 0 saturated heterocycles. The molecule has 0 unspecified atom stereocenters. The van der Waals surface area contributed by atoms with Gasteiger partial charge in [-0.05, 0) is 0 Å². The first-order chi connectivity index (χ1) is 7.27. The predicted molar refractivity (Wildman–Crippen MR) is 55.1 cm³/mol. The third-order valence-corrected chi connectivity index (χ3v) is 1.85. The van der Waals surface area contributed by atoms with Gasteiger partial charge in [-0.25, -0.2) is 15.0 Å². The van der Waals surface area contributed by atoms with E-state index in [1.807, 2.05) is 30.3 Å². The van der Waals surface area contributed by atoms with Gasteiger partial charge in [0, 0.05) is 5.56 Å².